The monoisotopic (exact) mass is 609 g/mol. The molecule has 1 fully saturated rings. The predicted molar refractivity (Wildman–Crippen MR) is 173 cm³/mol. The zero-order valence-corrected chi connectivity index (χ0v) is 26.3. The molecule has 45 heavy (non-hydrogen) atoms. The second-order valence-electron chi connectivity index (χ2n) is 12.3. The van der Waals surface area contributed by atoms with Crippen LogP contribution >= 0.6 is 0 Å². The van der Waals surface area contributed by atoms with Crippen LogP contribution in [0, 0.1) is 6.92 Å². The maximum atomic E-state index is 12.9. The summed E-state index contributed by atoms with van der Waals surface area (Å²) >= 11 is 0. The van der Waals surface area contributed by atoms with Gasteiger partial charge in [0.2, 0.25) is 0 Å². The lowest BCUT2D eigenvalue weighted by atomic mass is 10.1. The van der Waals surface area contributed by atoms with Crippen LogP contribution in [0.5, 0.6) is 17.2 Å². The molecule has 6 rings (SSSR count). The molecule has 1 aliphatic rings. The van der Waals surface area contributed by atoms with Crippen molar-refractivity contribution in [2.45, 2.75) is 58.7 Å². The van der Waals surface area contributed by atoms with Gasteiger partial charge in [0.05, 0.1) is 19.3 Å². The Balaban J connectivity index is 1.31. The topological polar surface area (TPSA) is 119 Å². The Morgan fingerprint density at radius 3 is 2.51 bits per heavy atom. The number of fused-ring (bicyclic) bond motifs is 1. The zero-order valence-electron chi connectivity index (χ0n) is 26.3. The SMILES string of the molecule is COc1ccc(Cn2nc(N[C@@H]3CCCN(C(=O)OC(C)(C)C)C3)c3c(Oc4ccc(-c5nc(C)c[nH]5)cc4)ccnc32)cc1. The molecule has 11 heteroatoms. The smallest absolute Gasteiger partial charge is 0.410 e. The second-order valence-corrected chi connectivity index (χ2v) is 12.3. The van der Waals surface area contributed by atoms with Crippen LogP contribution in [0.15, 0.2) is 67.0 Å². The maximum absolute atomic E-state index is 12.9. The van der Waals surface area contributed by atoms with Gasteiger partial charge in [0.15, 0.2) is 11.5 Å². The number of ether oxygens (including phenoxy) is 3. The zero-order chi connectivity index (χ0) is 31.6. The standard InChI is InChI=1S/C34H39N7O4/c1-22-19-36-30(37-22)24-10-14-27(15-11-24)44-28-16-17-35-32-29(28)31(39-41(32)20-23-8-12-26(43-5)13-9-23)38-25-7-6-18-40(21-25)33(42)45-34(2,3)4/h8-17,19,25H,6-7,18,20-21H2,1-5H3,(H,36,37)(H,38,39)/t25-/m1/s1. The minimum atomic E-state index is -0.555. The van der Waals surface area contributed by atoms with Crippen LogP contribution in [-0.4, -0.2) is 67.6 Å². The highest BCUT2D eigenvalue weighted by molar-refractivity contribution is 5.93. The van der Waals surface area contributed by atoms with Gasteiger partial charge < -0.3 is 29.4 Å². The number of hydrogen-bond acceptors (Lipinski definition) is 8. The number of piperidine rings is 1. The molecule has 0 spiro atoms. The summed E-state index contributed by atoms with van der Waals surface area (Å²) in [7, 11) is 1.65. The fraction of sp³-hybridized carbons (Fsp3) is 0.353. The van der Waals surface area contributed by atoms with Gasteiger partial charge in [-0.3, -0.25) is 0 Å². The van der Waals surface area contributed by atoms with Crippen molar-refractivity contribution in [3.8, 4) is 28.6 Å². The summed E-state index contributed by atoms with van der Waals surface area (Å²) in [5, 5.41) is 9.38. The molecule has 234 valence electrons. The van der Waals surface area contributed by atoms with Gasteiger partial charge >= 0.3 is 6.09 Å². The molecule has 0 radical (unpaired) electrons. The third kappa shape index (κ3) is 7.03. The van der Waals surface area contributed by atoms with E-state index in [1.807, 2.05) is 93.2 Å². The molecule has 3 aromatic heterocycles. The number of hydrogen-bond donors (Lipinski definition) is 2. The quantitative estimate of drug-likeness (QED) is 0.197. The Kier molecular flexibility index (Phi) is 8.34. The third-order valence-electron chi connectivity index (χ3n) is 7.56. The summed E-state index contributed by atoms with van der Waals surface area (Å²) in [6.07, 6.45) is 5.05. The summed E-state index contributed by atoms with van der Waals surface area (Å²) in [4.78, 5) is 27.1. The highest BCUT2D eigenvalue weighted by Gasteiger charge is 2.29. The first-order valence-electron chi connectivity index (χ1n) is 15.2. The van der Waals surface area contributed by atoms with Crippen molar-refractivity contribution < 1.29 is 19.0 Å². The van der Waals surface area contributed by atoms with Gasteiger partial charge in [0.25, 0.3) is 0 Å². The number of anilines is 1. The number of carbonyl (C=O) groups excluding carboxylic acids is 1. The van der Waals surface area contributed by atoms with E-state index < -0.39 is 5.60 Å². The number of amides is 1. The van der Waals surface area contributed by atoms with Crippen molar-refractivity contribution in [3.63, 3.8) is 0 Å². The minimum absolute atomic E-state index is 0.0251. The number of methoxy groups -OCH3 is 1. The van der Waals surface area contributed by atoms with Crippen molar-refractivity contribution in [1.82, 2.24) is 29.6 Å². The van der Waals surface area contributed by atoms with Crippen LogP contribution in [0.2, 0.25) is 0 Å². The minimum Gasteiger partial charge on any atom is -0.497 e. The van der Waals surface area contributed by atoms with Gasteiger partial charge in [0.1, 0.15) is 34.1 Å². The lowest BCUT2D eigenvalue weighted by Crippen LogP contribution is -2.47. The lowest BCUT2D eigenvalue weighted by molar-refractivity contribution is 0.0206. The van der Waals surface area contributed by atoms with Gasteiger partial charge in [-0.15, -0.1) is 0 Å². The van der Waals surface area contributed by atoms with Crippen LogP contribution in [0.1, 0.15) is 44.9 Å². The van der Waals surface area contributed by atoms with Crippen LogP contribution in [0.25, 0.3) is 22.4 Å². The van der Waals surface area contributed by atoms with E-state index in [2.05, 4.69) is 15.3 Å². The van der Waals surface area contributed by atoms with E-state index in [1.165, 1.54) is 0 Å². The second kappa shape index (κ2) is 12.5. The summed E-state index contributed by atoms with van der Waals surface area (Å²) < 4.78 is 19.3. The van der Waals surface area contributed by atoms with E-state index >= 15 is 0 Å². The molecule has 11 nitrogen and oxygen atoms in total. The third-order valence-corrected chi connectivity index (χ3v) is 7.56. The first-order valence-corrected chi connectivity index (χ1v) is 15.2. The van der Waals surface area contributed by atoms with Gasteiger partial charge in [-0.05, 0) is 82.5 Å². The Labute approximate surface area is 262 Å². The number of carbonyl (C=O) groups is 1. The van der Waals surface area contributed by atoms with E-state index in [-0.39, 0.29) is 12.1 Å². The van der Waals surface area contributed by atoms with Crippen LogP contribution in [0.4, 0.5) is 10.6 Å². The summed E-state index contributed by atoms with van der Waals surface area (Å²) in [6, 6.07) is 17.5. The number of aryl methyl sites for hydroxylation is 1. The summed E-state index contributed by atoms with van der Waals surface area (Å²) in [6.45, 7) is 9.26. The van der Waals surface area contributed by atoms with Gasteiger partial charge in [-0.2, -0.15) is 5.10 Å². The molecule has 2 aromatic carbocycles. The Bertz CT molecular complexity index is 1770. The average Bonchev–Trinajstić information content (AvgIpc) is 3.61. The number of aromatic nitrogens is 5. The first-order chi connectivity index (χ1) is 21.6. The van der Waals surface area contributed by atoms with E-state index in [0.717, 1.165) is 46.6 Å². The van der Waals surface area contributed by atoms with Crippen LogP contribution < -0.4 is 14.8 Å². The van der Waals surface area contributed by atoms with Gasteiger partial charge in [-0.1, -0.05) is 12.1 Å². The molecule has 1 atom stereocenters. The normalized spacial score (nSPS) is 15.2. The highest BCUT2D eigenvalue weighted by Crippen LogP contribution is 2.36. The van der Waals surface area contributed by atoms with E-state index in [4.69, 9.17) is 24.3 Å². The number of nitrogens with zero attached hydrogens (tertiary/aromatic N) is 5. The van der Waals surface area contributed by atoms with E-state index in [1.54, 1.807) is 18.2 Å². The highest BCUT2D eigenvalue weighted by atomic mass is 16.6. The number of pyridine rings is 1. The fourth-order valence-corrected chi connectivity index (χ4v) is 5.42. The Hall–Kier alpha value is -5.06. The number of aromatic amines is 1. The summed E-state index contributed by atoms with van der Waals surface area (Å²) in [5.41, 5.74) is 3.09. The summed E-state index contributed by atoms with van der Waals surface area (Å²) in [5.74, 6) is 3.56. The van der Waals surface area contributed by atoms with E-state index in [9.17, 15) is 4.79 Å². The maximum Gasteiger partial charge on any atom is 0.410 e. The van der Waals surface area contributed by atoms with Crippen molar-refractivity contribution in [2.24, 2.45) is 0 Å². The molecule has 0 unspecified atom stereocenters. The molecule has 1 aliphatic heterocycles. The van der Waals surface area contributed by atoms with Crippen LogP contribution in [-0.2, 0) is 11.3 Å². The molecule has 2 N–H and O–H groups in total. The molecule has 1 amide bonds. The predicted octanol–water partition coefficient (Wildman–Crippen LogP) is 6.79. The molecular weight excluding hydrogens is 570 g/mol. The number of rotatable bonds is 8. The van der Waals surface area contributed by atoms with Crippen molar-refractivity contribution in [1.29, 1.82) is 0 Å². The number of imidazole rings is 1. The van der Waals surface area contributed by atoms with Crippen LogP contribution in [0.3, 0.4) is 0 Å². The lowest BCUT2D eigenvalue weighted by Gasteiger charge is -2.34. The molecule has 5 aromatic rings. The number of nitrogens with one attached hydrogen (secondary N) is 2. The van der Waals surface area contributed by atoms with Crippen molar-refractivity contribution in [2.75, 3.05) is 25.5 Å². The Morgan fingerprint density at radius 1 is 1.07 bits per heavy atom. The van der Waals surface area contributed by atoms with Gasteiger partial charge in [-0.25, -0.2) is 19.4 Å². The molecule has 0 saturated carbocycles. The first kappa shape index (κ1) is 30.0. The molecular formula is C34H39N7O4. The molecule has 0 aliphatic carbocycles. The van der Waals surface area contributed by atoms with Crippen molar-refractivity contribution >= 4 is 22.9 Å². The largest absolute Gasteiger partial charge is 0.497 e. The number of benzene rings is 2. The molecule has 4 heterocycles. The fourth-order valence-electron chi connectivity index (χ4n) is 5.42. The molecule has 0 bridgehead atoms. The van der Waals surface area contributed by atoms with Crippen molar-refractivity contribution in [3.05, 3.63) is 78.2 Å². The molecule has 1 saturated heterocycles. The average molecular weight is 610 g/mol. The number of likely N-dealkylation sites (tertiary alicyclic amines) is 1. The van der Waals surface area contributed by atoms with Gasteiger partial charge in [0, 0.05) is 43.2 Å². The number of H-pyrrole nitrogens is 1. The van der Waals surface area contributed by atoms with E-state index in [0.29, 0.717) is 42.6 Å². The Morgan fingerprint density at radius 2 is 1.82 bits per heavy atom.